The molecule has 14 rings (SSSR count). The van der Waals surface area contributed by atoms with E-state index in [1.165, 1.54) is 347 Å². The molecule has 2 aliphatic carbocycles. The van der Waals surface area contributed by atoms with E-state index in [0.29, 0.717) is 0 Å². The average molecular weight is 2190 g/mol. The predicted molar refractivity (Wildman–Crippen MR) is 588 cm³/mol. The summed E-state index contributed by atoms with van der Waals surface area (Å²) in [6.07, 6.45) is 65.4. The third kappa shape index (κ3) is 29.2. The van der Waals surface area contributed by atoms with Crippen LogP contribution in [0.4, 0.5) is 0 Å². The van der Waals surface area contributed by atoms with Crippen LogP contribution in [0.5, 0.6) is 0 Å². The Morgan fingerprint density at radius 1 is 0.328 bits per heavy atom. The number of rotatable bonds is 48. The van der Waals surface area contributed by atoms with Gasteiger partial charge in [0.2, 0.25) is 0 Å². The number of aryl methyl sites for hydroxylation is 8. The number of benzene rings is 4. The van der Waals surface area contributed by atoms with E-state index in [0.717, 1.165) is 108 Å². The summed E-state index contributed by atoms with van der Waals surface area (Å²) in [5.74, 6) is 0. The molecule has 0 spiro atoms. The Balaban J connectivity index is 0.000000207. The standard InChI is InChI=1S/C52H66N4S3.C40H56S2.C10H6Br2N4S.6CH3.BH2P.2Sn/c1-7-9-11-13-15-17-19-21-23-25-27-39-30-40(28-26-24-22-20-18-16-14-12-10-8-2)32-41(31-39)33-42-43-29-35(3)57-51(43)52-44(42)34-45(58-52)46-49-47(53-37(5)38(6)54-49)36(4)48-50(46)56-59-55-48;1-3-5-7-9-11-13-15-17-19-21-23-33-29-34(24-22-20-18-16-14-12-10-8-6-4-2)31-35(30-33)32-38-36-25-27-41-39(36)40-37(38)26-28-42-40;1-3-4(2)14-8-6(12)10-9(15-17-16-10)5(11)7(8)13-3;;;;;;;1-2;;/h29-34H,3-4,7-28H2,1-2,5-6H3;25-26,29-32H,3-24H2,1-2H3;1-2H3;6*1H3;2H2;;/b42-33-,46-45+;;;;;;;;;;;. The third-order valence-corrected chi connectivity index (χ3v) is 51.9. The van der Waals surface area contributed by atoms with Crippen molar-refractivity contribution in [3.05, 3.63) is 177 Å². The van der Waals surface area contributed by atoms with Crippen LogP contribution in [0.15, 0.2) is 69.6 Å². The van der Waals surface area contributed by atoms with Gasteiger partial charge in [0.25, 0.3) is 0 Å². The van der Waals surface area contributed by atoms with Crippen LogP contribution in [-0.4, -0.2) is 81.7 Å². The van der Waals surface area contributed by atoms with E-state index < -0.39 is 36.8 Å². The first-order chi connectivity index (χ1) is 62.0. The van der Waals surface area contributed by atoms with Crippen molar-refractivity contribution in [3.8, 4) is 9.75 Å². The second-order valence-electron chi connectivity index (χ2n) is 38.6. The summed E-state index contributed by atoms with van der Waals surface area (Å²) in [6.45, 7) is 26.0. The second kappa shape index (κ2) is 53.1. The Morgan fingerprint density at radius 2 is 0.625 bits per heavy atom. The number of thiophene rings is 4. The van der Waals surface area contributed by atoms with E-state index in [9.17, 15) is 0 Å². The van der Waals surface area contributed by atoms with Gasteiger partial charge in [0, 0.05) is 30.6 Å². The molecule has 0 bridgehead atoms. The fraction of sp³-hybridized carbons (Fsp3) is 0.537. The number of unbranched alkanes of at least 4 members (excludes halogenated alkanes) is 36. The Kier molecular flexibility index (Phi) is 43.5. The van der Waals surface area contributed by atoms with Crippen molar-refractivity contribution in [1.82, 2.24) is 37.4 Å². The van der Waals surface area contributed by atoms with Crippen LogP contribution < -0.4 is 15.5 Å². The number of aromatic nitrogens is 8. The fourth-order valence-electron chi connectivity index (χ4n) is 18.1. The van der Waals surface area contributed by atoms with Gasteiger partial charge in [-0.2, -0.15) is 26.6 Å². The van der Waals surface area contributed by atoms with Crippen LogP contribution in [0.25, 0.3) is 90.3 Å². The molecule has 0 saturated carbocycles. The summed E-state index contributed by atoms with van der Waals surface area (Å²) in [5.41, 5.74) is 27.8. The minimum Gasteiger partial charge on any atom is -0.248 e. The largest absolute Gasteiger partial charge is 0.248 e. The summed E-state index contributed by atoms with van der Waals surface area (Å²) >= 11 is 13.1. The zero-order chi connectivity index (χ0) is 91.3. The van der Waals surface area contributed by atoms with Gasteiger partial charge < -0.3 is 0 Å². The molecule has 0 N–H and O–H groups in total. The van der Waals surface area contributed by atoms with Crippen molar-refractivity contribution in [3.63, 3.8) is 0 Å². The number of halogens is 2. The van der Waals surface area contributed by atoms with Gasteiger partial charge in [0.05, 0.1) is 77.3 Å². The van der Waals surface area contributed by atoms with E-state index in [1.807, 2.05) is 48.2 Å². The molecule has 2 radical (unpaired) electrons. The summed E-state index contributed by atoms with van der Waals surface area (Å²) in [4.78, 5) is 37.9. The van der Waals surface area contributed by atoms with Crippen molar-refractivity contribution in [1.29, 1.82) is 0 Å². The molecule has 12 aromatic rings. The maximum Gasteiger partial charge on any atom is 0.122 e. The fourth-order valence-corrected chi connectivity index (χ4v) is 35.8. The van der Waals surface area contributed by atoms with Gasteiger partial charge in [-0.15, -0.1) is 22.7 Å². The van der Waals surface area contributed by atoms with Crippen LogP contribution >= 0.6 is 110 Å². The van der Waals surface area contributed by atoms with Gasteiger partial charge in [-0.25, -0.2) is 19.9 Å². The average Bonchev–Trinajstić information content (AvgIpc) is 1.53. The van der Waals surface area contributed by atoms with E-state index in [-0.39, 0.29) is 0 Å². The number of hydrogen-bond acceptors (Lipinski definition) is 14. The molecule has 1 atom stereocenters. The molecule has 1 unspecified atom stereocenters. The first-order valence-electron chi connectivity index (χ1n) is 49.4. The molecule has 8 nitrogen and oxygen atoms in total. The maximum absolute atomic E-state index is 5.12. The van der Waals surface area contributed by atoms with Gasteiger partial charge in [-0.05, 0) is 126 Å². The zero-order valence-corrected chi connectivity index (χ0v) is 95.3. The second-order valence-corrected chi connectivity index (χ2v) is 76.4. The summed E-state index contributed by atoms with van der Waals surface area (Å²) in [7, 11) is 6.33. The first-order valence-corrected chi connectivity index (χ1v) is 76.3. The van der Waals surface area contributed by atoms with Gasteiger partial charge in [0.1, 0.15) is 38.6 Å². The van der Waals surface area contributed by atoms with E-state index in [2.05, 4.69) is 228 Å². The van der Waals surface area contributed by atoms with Crippen molar-refractivity contribution >= 4 is 240 Å². The summed E-state index contributed by atoms with van der Waals surface area (Å²) in [6, 6.07) is 25.2. The maximum atomic E-state index is 5.12. The molecule has 20 heteroatoms. The van der Waals surface area contributed by atoms with Crippen LogP contribution in [0.3, 0.4) is 0 Å². The SMILES string of the molecule is C=c1cc2c(s1)=c1s/c(=c3/c4nsnc4c(=C)c4nc(C)c(C)nc34)cc1/C2=C\c1cc(CCCCCCCCCCCC)cc(CCCCCCCCCCCC)c1.CCCCCCCCCCCCc1cc(C=C2c3c[c]([Sn]([CH3])([CH3])[CH3])sc3-c3s[c]([Sn]([CH3])([CH3])[CH3])cc32)cc(CCCCCCCCCCCC)c1.Cc1nc2c(Br)c3nsnc3c(Br)c2nc1C.[B]P. The number of nitrogens with zero attached hydrogens (tertiary/aromatic N) is 8. The molecule has 128 heavy (non-hydrogen) atoms. The van der Waals surface area contributed by atoms with E-state index in [1.54, 1.807) is 49.1 Å². The van der Waals surface area contributed by atoms with Crippen molar-refractivity contribution in [2.75, 3.05) is 0 Å². The minimum absolute atomic E-state index is 0.807. The minimum atomic E-state index is -2.18. The van der Waals surface area contributed by atoms with Gasteiger partial charge in [-0.1, -0.05) is 265 Å². The molecule has 8 heterocycles. The van der Waals surface area contributed by atoms with E-state index >= 15 is 0 Å². The van der Waals surface area contributed by atoms with Crippen LogP contribution in [0.2, 0.25) is 29.6 Å². The Bertz CT molecular complexity index is 5780. The Hall–Kier alpha value is -3.73. The van der Waals surface area contributed by atoms with Gasteiger partial charge in [0.15, 0.2) is 0 Å². The number of hydrogen-bond donors (Lipinski definition) is 0. The predicted octanol–water partition coefficient (Wildman–Crippen LogP) is 33.7. The molecule has 0 fully saturated rings. The molecule has 686 valence electrons. The zero-order valence-electron chi connectivity index (χ0n) is 80.4. The molecule has 8 aromatic heterocycles. The van der Waals surface area contributed by atoms with Crippen LogP contribution in [-0.2, 0) is 25.7 Å². The quantitative estimate of drug-likeness (QED) is 0.0211. The molecule has 0 aliphatic heterocycles. The molecule has 2 aliphatic rings. The molecular weight excluding hydrogens is 2040 g/mol. The topological polar surface area (TPSA) is 103 Å². The van der Waals surface area contributed by atoms with Gasteiger partial charge >= 0.3 is 226 Å². The summed E-state index contributed by atoms with van der Waals surface area (Å²) in [5, 5.41) is 1.83. The molecule has 0 saturated heterocycles. The summed E-state index contributed by atoms with van der Waals surface area (Å²) < 4.78 is 28.1. The first kappa shape index (κ1) is 105. The van der Waals surface area contributed by atoms with Crippen molar-refractivity contribution in [2.45, 2.75) is 368 Å². The smallest absolute Gasteiger partial charge is 0.122 e. The van der Waals surface area contributed by atoms with Crippen molar-refractivity contribution in [2.24, 2.45) is 0 Å². The molecule has 0 amide bonds. The monoisotopic (exact) mass is 2190 g/mol. The number of fused-ring (bicyclic) bond motifs is 9. The Labute approximate surface area is 822 Å². The molecular formula is C108H148BBr2N8PS6Sn2. The van der Waals surface area contributed by atoms with Crippen LogP contribution in [0.1, 0.15) is 363 Å². The van der Waals surface area contributed by atoms with Crippen molar-refractivity contribution < 1.29 is 0 Å². The molecule has 4 aromatic carbocycles. The van der Waals surface area contributed by atoms with E-state index in [4.69, 9.17) is 14.3 Å². The van der Waals surface area contributed by atoms with Gasteiger partial charge in [-0.3, -0.25) is 0 Å². The normalized spacial score (nSPS) is 12.9. The third-order valence-electron chi connectivity index (χ3n) is 25.8. The Morgan fingerprint density at radius 3 is 0.977 bits per heavy atom. The van der Waals surface area contributed by atoms with Crippen LogP contribution in [0, 0.1) is 46.5 Å².